The summed E-state index contributed by atoms with van der Waals surface area (Å²) in [5, 5.41) is 35.9. The fraction of sp³-hybridized carbons (Fsp3) is 0.846. The molecule has 0 amide bonds. The van der Waals surface area contributed by atoms with E-state index >= 15 is 0 Å². The molecule has 2 bridgehead atoms. The van der Waals surface area contributed by atoms with E-state index in [4.69, 9.17) is 5.11 Å². The summed E-state index contributed by atoms with van der Waals surface area (Å²) in [7, 11) is 0. The molecule has 3 N–H and O–H groups in total. The van der Waals surface area contributed by atoms with Gasteiger partial charge in [0, 0.05) is 24.7 Å². The second-order valence-electron chi connectivity index (χ2n) is 5.92. The maximum Gasteiger partial charge on any atom is 0.0966 e. The number of nitrogens with zero attached hydrogens (tertiary/aromatic N) is 4. The maximum absolute atomic E-state index is 9.43. The number of aliphatic hydroxyl groups excluding tert-OH is 3. The van der Waals surface area contributed by atoms with Crippen molar-refractivity contribution in [3.05, 3.63) is 11.9 Å². The van der Waals surface area contributed by atoms with Crippen LogP contribution in [0.4, 0.5) is 0 Å². The van der Waals surface area contributed by atoms with Gasteiger partial charge < -0.3 is 15.3 Å². The first-order chi connectivity index (χ1) is 9.71. The third-order valence-corrected chi connectivity index (χ3v) is 4.63. The molecule has 3 aliphatic rings. The SMILES string of the molecule is OC[C@@H](O)Cn1cc([C@H]2CN3CC[C@@H]2C[C@@H]3CO)nn1. The van der Waals surface area contributed by atoms with Crippen LogP contribution in [-0.4, -0.2) is 73.7 Å². The quantitative estimate of drug-likeness (QED) is 0.628. The van der Waals surface area contributed by atoms with E-state index in [0.29, 0.717) is 17.9 Å². The molecule has 1 aromatic heterocycles. The van der Waals surface area contributed by atoms with Crippen molar-refractivity contribution in [2.75, 3.05) is 26.3 Å². The lowest BCUT2D eigenvalue weighted by Crippen LogP contribution is -2.53. The number of hydrogen-bond acceptors (Lipinski definition) is 6. The number of piperidine rings is 3. The van der Waals surface area contributed by atoms with Crippen LogP contribution in [0.3, 0.4) is 0 Å². The summed E-state index contributed by atoms with van der Waals surface area (Å²) >= 11 is 0. The molecule has 0 aliphatic carbocycles. The molecule has 0 aromatic carbocycles. The van der Waals surface area contributed by atoms with Crippen LogP contribution in [0.2, 0.25) is 0 Å². The van der Waals surface area contributed by atoms with Gasteiger partial charge in [-0.3, -0.25) is 4.90 Å². The number of fused-ring (bicyclic) bond motifs is 3. The molecule has 3 aliphatic heterocycles. The second kappa shape index (κ2) is 5.77. The van der Waals surface area contributed by atoms with Gasteiger partial charge in [0.2, 0.25) is 0 Å². The van der Waals surface area contributed by atoms with E-state index in [0.717, 1.165) is 31.6 Å². The number of hydrogen-bond donors (Lipinski definition) is 3. The molecule has 5 atom stereocenters. The number of aliphatic hydroxyl groups is 3. The molecule has 0 spiro atoms. The normalized spacial score (nSPS) is 34.4. The van der Waals surface area contributed by atoms with Crippen LogP contribution in [0.5, 0.6) is 0 Å². The second-order valence-corrected chi connectivity index (χ2v) is 5.92. The summed E-state index contributed by atoms with van der Waals surface area (Å²) in [6.45, 7) is 2.22. The van der Waals surface area contributed by atoms with Crippen LogP contribution in [-0.2, 0) is 6.54 Å². The molecular formula is C13H22N4O3. The topological polar surface area (TPSA) is 94.6 Å². The van der Waals surface area contributed by atoms with Gasteiger partial charge in [0.25, 0.3) is 0 Å². The molecule has 112 valence electrons. The first-order valence-corrected chi connectivity index (χ1v) is 7.25. The highest BCUT2D eigenvalue weighted by Gasteiger charge is 2.41. The Morgan fingerprint density at radius 1 is 1.40 bits per heavy atom. The number of aromatic nitrogens is 3. The summed E-state index contributed by atoms with van der Waals surface area (Å²) in [6, 6.07) is 0.302. The van der Waals surface area contributed by atoms with E-state index in [1.54, 1.807) is 4.68 Å². The Balaban J connectivity index is 1.68. The largest absolute Gasteiger partial charge is 0.395 e. The van der Waals surface area contributed by atoms with Crippen LogP contribution < -0.4 is 0 Å². The van der Waals surface area contributed by atoms with Gasteiger partial charge in [-0.1, -0.05) is 5.21 Å². The van der Waals surface area contributed by atoms with Crippen molar-refractivity contribution < 1.29 is 15.3 Å². The molecule has 0 radical (unpaired) electrons. The molecular weight excluding hydrogens is 260 g/mol. The molecule has 1 aromatic rings. The van der Waals surface area contributed by atoms with Gasteiger partial charge in [0.05, 0.1) is 31.6 Å². The van der Waals surface area contributed by atoms with E-state index in [1.807, 2.05) is 6.20 Å². The fourth-order valence-corrected chi connectivity index (χ4v) is 3.51. The molecule has 20 heavy (non-hydrogen) atoms. The lowest BCUT2D eigenvalue weighted by Gasteiger charge is -2.48. The first kappa shape index (κ1) is 13.9. The fourth-order valence-electron chi connectivity index (χ4n) is 3.51. The molecule has 4 heterocycles. The Labute approximate surface area is 117 Å². The molecule has 3 fully saturated rings. The highest BCUT2D eigenvalue weighted by Crippen LogP contribution is 2.40. The maximum atomic E-state index is 9.43. The lowest BCUT2D eigenvalue weighted by molar-refractivity contribution is 0.00183. The summed E-state index contributed by atoms with van der Waals surface area (Å²) in [4.78, 5) is 2.34. The lowest BCUT2D eigenvalue weighted by atomic mass is 9.74. The Morgan fingerprint density at radius 3 is 2.90 bits per heavy atom. The van der Waals surface area contributed by atoms with Gasteiger partial charge >= 0.3 is 0 Å². The monoisotopic (exact) mass is 282 g/mol. The first-order valence-electron chi connectivity index (χ1n) is 7.25. The van der Waals surface area contributed by atoms with Crippen LogP contribution in [0, 0.1) is 5.92 Å². The molecule has 3 saturated heterocycles. The van der Waals surface area contributed by atoms with Gasteiger partial charge in [-0.25, -0.2) is 4.68 Å². The summed E-state index contributed by atoms with van der Waals surface area (Å²) in [5.74, 6) is 0.927. The zero-order valence-corrected chi connectivity index (χ0v) is 11.5. The van der Waals surface area contributed by atoms with Gasteiger partial charge in [-0.2, -0.15) is 0 Å². The van der Waals surface area contributed by atoms with Crippen LogP contribution in [0.1, 0.15) is 24.5 Å². The minimum atomic E-state index is -0.796. The smallest absolute Gasteiger partial charge is 0.0966 e. The van der Waals surface area contributed by atoms with Gasteiger partial charge in [0.1, 0.15) is 0 Å². The van der Waals surface area contributed by atoms with Crippen molar-refractivity contribution in [2.45, 2.75) is 37.5 Å². The van der Waals surface area contributed by atoms with Crippen LogP contribution >= 0.6 is 0 Å². The zero-order chi connectivity index (χ0) is 14.1. The van der Waals surface area contributed by atoms with Crippen molar-refractivity contribution in [1.82, 2.24) is 19.9 Å². The van der Waals surface area contributed by atoms with Crippen molar-refractivity contribution in [1.29, 1.82) is 0 Å². The standard InChI is InChI=1S/C13H22N4O3/c18-7-10-3-9-1-2-16(10)5-12(9)13-6-17(15-14-13)4-11(20)8-19/h6,9-12,18-20H,1-5,7-8H2/t9-,10-,11+,12+/m1/s1. The third kappa shape index (κ3) is 2.58. The van der Waals surface area contributed by atoms with Gasteiger partial charge in [-0.05, 0) is 25.3 Å². The van der Waals surface area contributed by atoms with Crippen molar-refractivity contribution >= 4 is 0 Å². The summed E-state index contributed by atoms with van der Waals surface area (Å²) in [5.41, 5.74) is 0.959. The van der Waals surface area contributed by atoms with Crippen molar-refractivity contribution in [3.8, 4) is 0 Å². The molecule has 1 unspecified atom stereocenters. The highest BCUT2D eigenvalue weighted by atomic mass is 16.3. The molecule has 7 heteroatoms. The zero-order valence-electron chi connectivity index (χ0n) is 11.5. The van der Waals surface area contributed by atoms with E-state index in [9.17, 15) is 10.2 Å². The van der Waals surface area contributed by atoms with Crippen LogP contribution in [0.15, 0.2) is 6.20 Å². The average Bonchev–Trinajstić information content (AvgIpc) is 2.95. The predicted octanol–water partition coefficient (Wildman–Crippen LogP) is -1.20. The minimum Gasteiger partial charge on any atom is -0.395 e. The Kier molecular flexibility index (Phi) is 4.02. The Hall–Kier alpha value is -1.02. The molecule has 7 nitrogen and oxygen atoms in total. The number of rotatable bonds is 5. The molecule has 0 saturated carbocycles. The van der Waals surface area contributed by atoms with E-state index in [1.165, 1.54) is 0 Å². The summed E-state index contributed by atoms with van der Waals surface area (Å²) in [6.07, 6.45) is 3.25. The average molecular weight is 282 g/mol. The Morgan fingerprint density at radius 2 is 2.25 bits per heavy atom. The molecule has 4 rings (SSSR count). The van der Waals surface area contributed by atoms with Gasteiger partial charge in [0.15, 0.2) is 0 Å². The summed E-state index contributed by atoms with van der Waals surface area (Å²) < 4.78 is 1.59. The van der Waals surface area contributed by atoms with Crippen molar-refractivity contribution in [2.24, 2.45) is 5.92 Å². The Bertz CT molecular complexity index is 453. The van der Waals surface area contributed by atoms with Crippen molar-refractivity contribution in [3.63, 3.8) is 0 Å². The highest BCUT2D eigenvalue weighted by molar-refractivity contribution is 5.10. The predicted molar refractivity (Wildman–Crippen MR) is 71.0 cm³/mol. The van der Waals surface area contributed by atoms with E-state index < -0.39 is 6.10 Å². The van der Waals surface area contributed by atoms with Gasteiger partial charge in [-0.15, -0.1) is 5.10 Å². The van der Waals surface area contributed by atoms with E-state index in [2.05, 4.69) is 15.2 Å². The third-order valence-electron chi connectivity index (χ3n) is 4.63. The minimum absolute atomic E-state index is 0.235. The van der Waals surface area contributed by atoms with E-state index in [-0.39, 0.29) is 19.8 Å². The van der Waals surface area contributed by atoms with Crippen LogP contribution in [0.25, 0.3) is 0 Å².